The molecule has 0 saturated carbocycles. The van der Waals surface area contributed by atoms with Crippen LogP contribution in [0.3, 0.4) is 0 Å². The lowest BCUT2D eigenvalue weighted by Gasteiger charge is -2.29. The van der Waals surface area contributed by atoms with Gasteiger partial charge < -0.3 is 15.2 Å². The number of nitrogens with two attached hydrogens (primary N) is 1. The van der Waals surface area contributed by atoms with Crippen molar-refractivity contribution in [3.05, 3.63) is 0 Å². The second-order valence-corrected chi connectivity index (χ2v) is 5.52. The summed E-state index contributed by atoms with van der Waals surface area (Å²) in [5, 5.41) is 0. The summed E-state index contributed by atoms with van der Waals surface area (Å²) < 4.78 is 11.4. The van der Waals surface area contributed by atoms with Crippen molar-refractivity contribution >= 4 is 0 Å². The summed E-state index contributed by atoms with van der Waals surface area (Å²) in [5.74, 6) is 0. The molecule has 0 aromatic rings. The van der Waals surface area contributed by atoms with E-state index in [1.54, 1.807) is 0 Å². The van der Waals surface area contributed by atoms with E-state index in [1.165, 1.54) is 25.7 Å². The quantitative estimate of drug-likeness (QED) is 0.683. The van der Waals surface area contributed by atoms with Gasteiger partial charge in [-0.15, -0.1) is 0 Å². The number of unbranched alkanes of at least 4 members (excludes halogenated alkanes) is 1. The van der Waals surface area contributed by atoms with E-state index in [2.05, 4.69) is 13.8 Å². The lowest BCUT2D eigenvalue weighted by atomic mass is 9.88. The van der Waals surface area contributed by atoms with Crippen LogP contribution in [-0.4, -0.2) is 26.0 Å². The topological polar surface area (TPSA) is 44.5 Å². The van der Waals surface area contributed by atoms with Crippen LogP contribution < -0.4 is 5.73 Å². The van der Waals surface area contributed by atoms with E-state index in [4.69, 9.17) is 15.2 Å². The van der Waals surface area contributed by atoms with Gasteiger partial charge in [0.1, 0.15) is 0 Å². The highest BCUT2D eigenvalue weighted by molar-refractivity contribution is 4.68. The first-order chi connectivity index (χ1) is 7.64. The zero-order valence-electron chi connectivity index (χ0n) is 10.8. The van der Waals surface area contributed by atoms with Gasteiger partial charge in [-0.25, -0.2) is 0 Å². The fraction of sp³-hybridized carbons (Fsp3) is 1.00. The van der Waals surface area contributed by atoms with Crippen molar-refractivity contribution in [1.82, 2.24) is 0 Å². The molecule has 0 radical (unpaired) electrons. The van der Waals surface area contributed by atoms with Gasteiger partial charge in [0.25, 0.3) is 0 Å². The molecule has 1 aliphatic heterocycles. The molecule has 0 spiro atoms. The predicted octanol–water partition coefficient (Wildman–Crippen LogP) is 2.68. The normalized spacial score (nSPS) is 22.3. The monoisotopic (exact) mass is 229 g/mol. The van der Waals surface area contributed by atoms with Crippen LogP contribution in [0.1, 0.15) is 52.4 Å². The molecule has 1 heterocycles. The highest BCUT2D eigenvalue weighted by Gasteiger charge is 2.21. The zero-order chi connectivity index (χ0) is 11.9. The van der Waals surface area contributed by atoms with E-state index in [-0.39, 0.29) is 11.7 Å². The van der Waals surface area contributed by atoms with Crippen LogP contribution in [0.5, 0.6) is 0 Å². The Kier molecular flexibility index (Phi) is 6.32. The Bertz CT molecular complexity index is 177. The van der Waals surface area contributed by atoms with Crippen LogP contribution in [0, 0.1) is 5.41 Å². The number of hydrogen-bond donors (Lipinski definition) is 1. The van der Waals surface area contributed by atoms with E-state index >= 15 is 0 Å². The maximum absolute atomic E-state index is 5.82. The molecular weight excluding hydrogens is 202 g/mol. The van der Waals surface area contributed by atoms with Gasteiger partial charge in [0.05, 0.1) is 6.61 Å². The Hall–Kier alpha value is -0.120. The summed E-state index contributed by atoms with van der Waals surface area (Å²) in [6.45, 7) is 6.96. The van der Waals surface area contributed by atoms with Gasteiger partial charge in [-0.2, -0.15) is 0 Å². The van der Waals surface area contributed by atoms with E-state index in [9.17, 15) is 0 Å². The average molecular weight is 229 g/mol. The molecule has 1 aliphatic rings. The van der Waals surface area contributed by atoms with E-state index < -0.39 is 0 Å². The van der Waals surface area contributed by atoms with Gasteiger partial charge >= 0.3 is 0 Å². The summed E-state index contributed by atoms with van der Waals surface area (Å²) in [6, 6.07) is 0. The molecule has 16 heavy (non-hydrogen) atoms. The number of hydrogen-bond acceptors (Lipinski definition) is 3. The molecular formula is C13H27NO2. The van der Waals surface area contributed by atoms with Crippen LogP contribution in [0.25, 0.3) is 0 Å². The molecule has 0 aromatic heterocycles. The molecule has 0 unspecified atom stereocenters. The fourth-order valence-corrected chi connectivity index (χ4v) is 1.98. The summed E-state index contributed by atoms with van der Waals surface area (Å²) in [5.41, 5.74) is 5.74. The molecule has 2 N–H and O–H groups in total. The minimum atomic E-state index is 0.0440. The van der Waals surface area contributed by atoms with Crippen LogP contribution in [0.15, 0.2) is 0 Å². The molecule has 0 aromatic carbocycles. The molecule has 0 aliphatic carbocycles. The van der Waals surface area contributed by atoms with Gasteiger partial charge in [-0.3, -0.25) is 0 Å². The Labute approximate surface area is 99.7 Å². The Morgan fingerprint density at radius 1 is 1.31 bits per heavy atom. The van der Waals surface area contributed by atoms with Gasteiger partial charge in [0, 0.05) is 6.61 Å². The van der Waals surface area contributed by atoms with Crippen LogP contribution in [-0.2, 0) is 9.47 Å². The van der Waals surface area contributed by atoms with Gasteiger partial charge in [-0.1, -0.05) is 20.3 Å². The van der Waals surface area contributed by atoms with Crippen molar-refractivity contribution in [2.45, 2.75) is 58.7 Å². The van der Waals surface area contributed by atoms with Crippen LogP contribution in [0.2, 0.25) is 0 Å². The summed E-state index contributed by atoms with van der Waals surface area (Å²) in [6.07, 6.45) is 7.00. The zero-order valence-corrected chi connectivity index (χ0v) is 10.8. The first-order valence-corrected chi connectivity index (χ1v) is 6.57. The SMILES string of the molecule is CC(C)(CCCCN)CO[C@@H]1CCCCO1. The molecule has 0 amide bonds. The molecule has 1 fully saturated rings. The lowest BCUT2D eigenvalue weighted by Crippen LogP contribution is -2.28. The standard InChI is InChI=1S/C13H27NO2/c1-13(2,8-4-5-9-14)11-16-12-7-3-6-10-15-12/h12H,3-11,14H2,1-2H3/t12-/m1/s1. The van der Waals surface area contributed by atoms with Crippen molar-refractivity contribution in [2.75, 3.05) is 19.8 Å². The lowest BCUT2D eigenvalue weighted by molar-refractivity contribution is -0.176. The smallest absolute Gasteiger partial charge is 0.157 e. The minimum Gasteiger partial charge on any atom is -0.353 e. The molecule has 3 heteroatoms. The van der Waals surface area contributed by atoms with Crippen molar-refractivity contribution in [1.29, 1.82) is 0 Å². The predicted molar refractivity (Wildman–Crippen MR) is 66.2 cm³/mol. The second kappa shape index (κ2) is 7.25. The molecule has 96 valence electrons. The fourth-order valence-electron chi connectivity index (χ4n) is 1.98. The number of rotatable bonds is 7. The summed E-state index contributed by atoms with van der Waals surface area (Å²) in [4.78, 5) is 0. The Balaban J connectivity index is 2.13. The maximum Gasteiger partial charge on any atom is 0.157 e. The van der Waals surface area contributed by atoms with E-state index in [0.717, 1.165) is 32.6 Å². The van der Waals surface area contributed by atoms with Crippen LogP contribution >= 0.6 is 0 Å². The Morgan fingerprint density at radius 3 is 2.75 bits per heavy atom. The second-order valence-electron chi connectivity index (χ2n) is 5.52. The van der Waals surface area contributed by atoms with Gasteiger partial charge in [0.2, 0.25) is 0 Å². The molecule has 1 rings (SSSR count). The molecule has 0 bridgehead atoms. The first kappa shape index (κ1) is 13.9. The summed E-state index contributed by atoms with van der Waals surface area (Å²) >= 11 is 0. The molecule has 3 nitrogen and oxygen atoms in total. The van der Waals surface area contributed by atoms with Crippen LogP contribution in [0.4, 0.5) is 0 Å². The van der Waals surface area contributed by atoms with Crippen molar-refractivity contribution < 1.29 is 9.47 Å². The number of ether oxygens (including phenoxy) is 2. The minimum absolute atomic E-state index is 0.0440. The van der Waals surface area contributed by atoms with Gasteiger partial charge in [0.15, 0.2) is 6.29 Å². The first-order valence-electron chi connectivity index (χ1n) is 6.57. The van der Waals surface area contributed by atoms with Crippen molar-refractivity contribution in [3.8, 4) is 0 Å². The highest BCUT2D eigenvalue weighted by atomic mass is 16.7. The highest BCUT2D eigenvalue weighted by Crippen LogP contribution is 2.25. The molecule has 1 saturated heterocycles. The van der Waals surface area contributed by atoms with Crippen molar-refractivity contribution in [3.63, 3.8) is 0 Å². The summed E-state index contributed by atoms with van der Waals surface area (Å²) in [7, 11) is 0. The largest absolute Gasteiger partial charge is 0.353 e. The van der Waals surface area contributed by atoms with E-state index in [0.29, 0.717) is 0 Å². The van der Waals surface area contributed by atoms with E-state index in [1.807, 2.05) is 0 Å². The molecule has 1 atom stereocenters. The third-order valence-corrected chi connectivity index (χ3v) is 3.11. The van der Waals surface area contributed by atoms with Gasteiger partial charge in [-0.05, 0) is 44.1 Å². The third kappa shape index (κ3) is 5.83. The Morgan fingerprint density at radius 2 is 2.12 bits per heavy atom. The van der Waals surface area contributed by atoms with Crippen molar-refractivity contribution in [2.24, 2.45) is 11.1 Å². The third-order valence-electron chi connectivity index (χ3n) is 3.11. The maximum atomic E-state index is 5.82. The average Bonchev–Trinajstić information content (AvgIpc) is 2.28.